The minimum atomic E-state index is -0.755. The van der Waals surface area contributed by atoms with Crippen molar-refractivity contribution in [1.82, 2.24) is 4.57 Å². The first-order valence-corrected chi connectivity index (χ1v) is 10.7. The third-order valence-corrected chi connectivity index (χ3v) is 5.92. The smallest absolute Gasteiger partial charge is 0.296 e. The summed E-state index contributed by atoms with van der Waals surface area (Å²) in [6.07, 6.45) is 0. The van der Waals surface area contributed by atoms with Crippen LogP contribution in [-0.4, -0.2) is 23.4 Å². The van der Waals surface area contributed by atoms with Crippen LogP contribution in [0.25, 0.3) is 10.9 Å². The number of hydrogen-bond donors (Lipinski definition) is 1. The van der Waals surface area contributed by atoms with Crippen LogP contribution < -0.4 is 10.1 Å². The lowest BCUT2D eigenvalue weighted by Gasteiger charge is -2.10. The quantitative estimate of drug-likeness (QED) is 0.274. The molecule has 4 aromatic rings. The predicted molar refractivity (Wildman–Crippen MR) is 128 cm³/mol. The molecule has 0 bridgehead atoms. The van der Waals surface area contributed by atoms with Crippen LogP contribution >= 0.6 is 23.2 Å². The van der Waals surface area contributed by atoms with E-state index in [2.05, 4.69) is 5.32 Å². The summed E-state index contributed by atoms with van der Waals surface area (Å²) < 4.78 is 7.36. The number of rotatable bonds is 6. The van der Waals surface area contributed by atoms with Gasteiger partial charge in [-0.25, -0.2) is 0 Å². The standard InChI is InChI=1S/C25H20Cl2N2O3/c1-15-23(24(30)25(31)28-21-6-4-3-5-20(21)27)19-13-18(32-2)11-12-22(19)29(15)14-16-7-9-17(26)10-8-16/h3-13H,14H2,1-2H3,(H,28,31). The van der Waals surface area contributed by atoms with E-state index >= 15 is 0 Å². The van der Waals surface area contributed by atoms with Gasteiger partial charge in [0.25, 0.3) is 11.7 Å². The number of amides is 1. The number of anilines is 1. The summed E-state index contributed by atoms with van der Waals surface area (Å²) in [5.41, 5.74) is 3.24. The Hall–Kier alpha value is -3.28. The molecule has 0 saturated carbocycles. The van der Waals surface area contributed by atoms with E-state index in [-0.39, 0.29) is 0 Å². The average molecular weight is 467 g/mol. The summed E-state index contributed by atoms with van der Waals surface area (Å²) >= 11 is 12.1. The largest absolute Gasteiger partial charge is 0.497 e. The highest BCUT2D eigenvalue weighted by molar-refractivity contribution is 6.49. The van der Waals surface area contributed by atoms with Crippen molar-refractivity contribution in [1.29, 1.82) is 0 Å². The number of carbonyl (C=O) groups excluding carboxylic acids is 2. The fraction of sp³-hybridized carbons (Fsp3) is 0.120. The van der Waals surface area contributed by atoms with Crippen molar-refractivity contribution >= 4 is 51.5 Å². The van der Waals surface area contributed by atoms with Crippen molar-refractivity contribution in [2.24, 2.45) is 0 Å². The summed E-state index contributed by atoms with van der Waals surface area (Å²) in [7, 11) is 1.56. The number of aromatic nitrogens is 1. The maximum Gasteiger partial charge on any atom is 0.296 e. The van der Waals surface area contributed by atoms with Crippen LogP contribution in [0.1, 0.15) is 21.6 Å². The Balaban J connectivity index is 1.78. The first-order valence-electron chi connectivity index (χ1n) is 9.90. The van der Waals surface area contributed by atoms with Crippen LogP contribution in [0.4, 0.5) is 5.69 Å². The van der Waals surface area contributed by atoms with E-state index in [4.69, 9.17) is 27.9 Å². The summed E-state index contributed by atoms with van der Waals surface area (Å²) in [4.78, 5) is 26.1. The normalized spacial score (nSPS) is 10.9. The lowest BCUT2D eigenvalue weighted by molar-refractivity contribution is -0.112. The number of fused-ring (bicyclic) bond motifs is 1. The van der Waals surface area contributed by atoms with Gasteiger partial charge in [-0.15, -0.1) is 0 Å². The SMILES string of the molecule is COc1ccc2c(c1)c(C(=O)C(=O)Nc1ccccc1Cl)c(C)n2Cc1ccc(Cl)cc1. The van der Waals surface area contributed by atoms with Crippen LogP contribution in [0.3, 0.4) is 0 Å². The molecule has 5 nitrogen and oxygen atoms in total. The number of para-hydroxylation sites is 1. The first-order chi connectivity index (χ1) is 15.4. The number of ketones is 1. The van der Waals surface area contributed by atoms with Crippen LogP contribution in [0.2, 0.25) is 10.0 Å². The fourth-order valence-electron chi connectivity index (χ4n) is 3.71. The molecule has 1 amide bonds. The Morgan fingerprint density at radius 1 is 1.00 bits per heavy atom. The van der Waals surface area contributed by atoms with E-state index in [1.807, 2.05) is 47.9 Å². The second kappa shape index (κ2) is 9.07. The van der Waals surface area contributed by atoms with Crippen molar-refractivity contribution in [2.45, 2.75) is 13.5 Å². The fourth-order valence-corrected chi connectivity index (χ4v) is 4.02. The van der Waals surface area contributed by atoms with Crippen LogP contribution in [0.15, 0.2) is 66.7 Å². The van der Waals surface area contributed by atoms with Gasteiger partial charge < -0.3 is 14.6 Å². The lowest BCUT2D eigenvalue weighted by atomic mass is 10.1. The van der Waals surface area contributed by atoms with Gasteiger partial charge in [0.05, 0.1) is 23.4 Å². The molecule has 0 aliphatic heterocycles. The van der Waals surface area contributed by atoms with Gasteiger partial charge in [0, 0.05) is 28.2 Å². The van der Waals surface area contributed by atoms with Crippen molar-refractivity contribution in [3.05, 3.63) is 93.6 Å². The average Bonchev–Trinajstić information content (AvgIpc) is 3.06. The maximum absolute atomic E-state index is 13.3. The highest BCUT2D eigenvalue weighted by Gasteiger charge is 2.26. The Morgan fingerprint density at radius 2 is 1.72 bits per heavy atom. The van der Waals surface area contributed by atoms with Gasteiger partial charge in [-0.3, -0.25) is 9.59 Å². The highest BCUT2D eigenvalue weighted by Crippen LogP contribution is 2.31. The van der Waals surface area contributed by atoms with Crippen LogP contribution in [0, 0.1) is 6.92 Å². The van der Waals surface area contributed by atoms with Gasteiger partial charge in [-0.2, -0.15) is 0 Å². The number of Topliss-reactive ketones (excluding diaryl/α,β-unsaturated/α-hetero) is 1. The van der Waals surface area contributed by atoms with E-state index in [0.717, 1.165) is 11.1 Å². The van der Waals surface area contributed by atoms with Gasteiger partial charge in [0.15, 0.2) is 0 Å². The molecule has 0 atom stereocenters. The molecule has 32 heavy (non-hydrogen) atoms. The minimum absolute atomic E-state index is 0.331. The summed E-state index contributed by atoms with van der Waals surface area (Å²) in [5.74, 6) is -0.799. The number of benzene rings is 3. The van der Waals surface area contributed by atoms with E-state index < -0.39 is 11.7 Å². The molecule has 0 aliphatic carbocycles. The van der Waals surface area contributed by atoms with E-state index in [9.17, 15) is 9.59 Å². The molecule has 0 fully saturated rings. The second-order valence-electron chi connectivity index (χ2n) is 7.32. The van der Waals surface area contributed by atoms with E-state index in [0.29, 0.717) is 44.7 Å². The molecule has 0 saturated heterocycles. The van der Waals surface area contributed by atoms with Crippen molar-refractivity contribution in [3.8, 4) is 5.75 Å². The minimum Gasteiger partial charge on any atom is -0.497 e. The molecular formula is C25H20Cl2N2O3. The number of methoxy groups -OCH3 is 1. The number of halogens is 2. The van der Waals surface area contributed by atoms with Gasteiger partial charge in [-0.1, -0.05) is 47.5 Å². The molecule has 1 N–H and O–H groups in total. The molecule has 0 radical (unpaired) electrons. The monoisotopic (exact) mass is 466 g/mol. The molecule has 1 aromatic heterocycles. The first kappa shape index (κ1) is 21.9. The molecule has 4 rings (SSSR count). The number of ether oxygens (including phenoxy) is 1. The third-order valence-electron chi connectivity index (χ3n) is 5.34. The third kappa shape index (κ3) is 4.22. The second-order valence-corrected chi connectivity index (χ2v) is 8.16. The Bertz CT molecular complexity index is 1330. The van der Waals surface area contributed by atoms with Crippen molar-refractivity contribution in [3.63, 3.8) is 0 Å². The topological polar surface area (TPSA) is 60.3 Å². The number of carbonyl (C=O) groups is 2. The van der Waals surface area contributed by atoms with E-state index in [1.54, 1.807) is 37.4 Å². The van der Waals surface area contributed by atoms with E-state index in [1.165, 1.54) is 0 Å². The van der Waals surface area contributed by atoms with Gasteiger partial charge in [0.1, 0.15) is 5.75 Å². The zero-order valence-electron chi connectivity index (χ0n) is 17.5. The molecule has 162 valence electrons. The van der Waals surface area contributed by atoms with Gasteiger partial charge in [0.2, 0.25) is 0 Å². The maximum atomic E-state index is 13.3. The molecular weight excluding hydrogens is 447 g/mol. The number of hydrogen-bond acceptors (Lipinski definition) is 3. The molecule has 0 aliphatic rings. The Kier molecular flexibility index (Phi) is 6.21. The summed E-state index contributed by atoms with van der Waals surface area (Å²) in [6.45, 7) is 2.35. The molecule has 0 spiro atoms. The highest BCUT2D eigenvalue weighted by atomic mass is 35.5. The summed E-state index contributed by atoms with van der Waals surface area (Å²) in [6, 6.07) is 19.8. The predicted octanol–water partition coefficient (Wildman–Crippen LogP) is 6.13. The molecule has 3 aromatic carbocycles. The molecule has 1 heterocycles. The zero-order chi connectivity index (χ0) is 22.8. The molecule has 7 heteroatoms. The van der Waals surface area contributed by atoms with Crippen LogP contribution in [-0.2, 0) is 11.3 Å². The van der Waals surface area contributed by atoms with Gasteiger partial charge in [-0.05, 0) is 55.0 Å². The van der Waals surface area contributed by atoms with Gasteiger partial charge >= 0.3 is 0 Å². The van der Waals surface area contributed by atoms with Crippen molar-refractivity contribution in [2.75, 3.05) is 12.4 Å². The number of nitrogens with one attached hydrogen (secondary N) is 1. The van der Waals surface area contributed by atoms with Crippen LogP contribution in [0.5, 0.6) is 5.75 Å². The van der Waals surface area contributed by atoms with Crippen molar-refractivity contribution < 1.29 is 14.3 Å². The summed E-state index contributed by atoms with van der Waals surface area (Å²) in [5, 5.41) is 4.28. The lowest BCUT2D eigenvalue weighted by Crippen LogP contribution is -2.23. The zero-order valence-corrected chi connectivity index (χ0v) is 19.0. The molecule has 0 unspecified atom stereocenters. The Morgan fingerprint density at radius 3 is 2.41 bits per heavy atom. The number of nitrogens with zero attached hydrogens (tertiary/aromatic N) is 1. The Labute approximate surface area is 195 Å².